The first kappa shape index (κ1) is 14.5. The molecule has 0 aliphatic carbocycles. The third-order valence-electron chi connectivity index (χ3n) is 3.70. The molecule has 16 heavy (non-hydrogen) atoms. The lowest BCUT2D eigenvalue weighted by Crippen LogP contribution is -2.06. The van der Waals surface area contributed by atoms with Crippen LogP contribution in [-0.4, -0.2) is 18.5 Å². The molecule has 1 heteroatoms. The number of rotatable bonds is 10. The molecule has 0 aromatic rings. The molecule has 0 aromatic carbocycles. The van der Waals surface area contributed by atoms with Gasteiger partial charge in [0.15, 0.2) is 0 Å². The van der Waals surface area contributed by atoms with Crippen molar-refractivity contribution in [2.24, 2.45) is 5.92 Å². The lowest BCUT2D eigenvalue weighted by atomic mass is 10.0. The van der Waals surface area contributed by atoms with Crippen LogP contribution in [-0.2, 0) is 0 Å². The Hall–Kier alpha value is 0.430. The van der Waals surface area contributed by atoms with Gasteiger partial charge in [-0.3, -0.25) is 0 Å². The van der Waals surface area contributed by atoms with E-state index in [0.29, 0.717) is 7.92 Å². The topological polar surface area (TPSA) is 0 Å². The van der Waals surface area contributed by atoms with Crippen LogP contribution in [0.4, 0.5) is 0 Å². The van der Waals surface area contributed by atoms with Gasteiger partial charge in [0.05, 0.1) is 0 Å². The van der Waals surface area contributed by atoms with E-state index in [0.717, 1.165) is 5.92 Å². The maximum Gasteiger partial charge on any atom is -0.0323 e. The molecule has 1 aliphatic heterocycles. The fourth-order valence-corrected chi connectivity index (χ4v) is 4.26. The van der Waals surface area contributed by atoms with E-state index in [4.69, 9.17) is 0 Å². The molecule has 0 aromatic heterocycles. The van der Waals surface area contributed by atoms with Crippen molar-refractivity contribution in [2.75, 3.05) is 18.5 Å². The first-order valence-corrected chi connectivity index (χ1v) is 9.41. The summed E-state index contributed by atoms with van der Waals surface area (Å²) in [6.45, 7) is 4.67. The summed E-state index contributed by atoms with van der Waals surface area (Å²) in [5.74, 6) is 0.907. The zero-order valence-corrected chi connectivity index (χ0v) is 12.4. The van der Waals surface area contributed by atoms with Crippen molar-refractivity contribution in [3.8, 4) is 0 Å². The van der Waals surface area contributed by atoms with Crippen molar-refractivity contribution in [3.63, 3.8) is 0 Å². The fraction of sp³-hybridized carbons (Fsp3) is 1.00. The van der Waals surface area contributed by atoms with Crippen LogP contribution < -0.4 is 0 Å². The summed E-state index contributed by atoms with van der Waals surface area (Å²) in [4.78, 5) is 0. The zero-order chi connectivity index (χ0) is 11.6. The van der Waals surface area contributed by atoms with Gasteiger partial charge in [-0.15, -0.1) is 7.92 Å². The van der Waals surface area contributed by atoms with Gasteiger partial charge in [-0.05, 0) is 37.2 Å². The zero-order valence-electron chi connectivity index (χ0n) is 11.5. The van der Waals surface area contributed by atoms with Gasteiger partial charge in [-0.2, -0.15) is 0 Å². The smallest absolute Gasteiger partial charge is 0.0323 e. The van der Waals surface area contributed by atoms with E-state index in [9.17, 15) is 0 Å². The molecule has 1 fully saturated rings. The first-order valence-electron chi connectivity index (χ1n) is 7.51. The molecule has 0 amide bonds. The molecule has 0 spiro atoms. The number of unbranched alkanes of at least 4 members (excludes halogenated alkanes) is 6. The van der Waals surface area contributed by atoms with Gasteiger partial charge in [0, 0.05) is 0 Å². The molecule has 0 saturated carbocycles. The molecule has 0 radical (unpaired) electrons. The van der Waals surface area contributed by atoms with Crippen LogP contribution in [0.25, 0.3) is 0 Å². The Balaban J connectivity index is 1.68. The molecule has 1 heterocycles. The van der Waals surface area contributed by atoms with Gasteiger partial charge >= 0.3 is 0 Å². The molecule has 0 atom stereocenters. The molecule has 0 bridgehead atoms. The second-order valence-electron chi connectivity index (χ2n) is 5.85. The standard InChI is InChI=1S/C15H31P/c1-15(2)11-8-6-4-3-5-7-9-12-16-13-10-14-16/h15H,3-14H2,1-2H3. The Morgan fingerprint density at radius 1 is 0.812 bits per heavy atom. The maximum atomic E-state index is 2.34. The lowest BCUT2D eigenvalue weighted by molar-refractivity contribution is 0.511. The van der Waals surface area contributed by atoms with Crippen LogP contribution in [0.5, 0.6) is 0 Å². The van der Waals surface area contributed by atoms with Gasteiger partial charge in [0.2, 0.25) is 0 Å². The van der Waals surface area contributed by atoms with Crippen LogP contribution in [0, 0.1) is 5.92 Å². The fourth-order valence-electron chi connectivity index (χ4n) is 2.38. The average molecular weight is 242 g/mol. The Labute approximate surface area is 104 Å². The predicted octanol–water partition coefficient (Wildman–Crippen LogP) is 5.65. The van der Waals surface area contributed by atoms with Gasteiger partial charge in [0.25, 0.3) is 0 Å². The average Bonchev–Trinajstić information content (AvgIpc) is 2.17. The summed E-state index contributed by atoms with van der Waals surface area (Å²) in [7, 11) is 0.565. The number of hydrogen-bond acceptors (Lipinski definition) is 0. The maximum absolute atomic E-state index is 2.34. The molecule has 96 valence electrons. The SMILES string of the molecule is CC(C)CCCCCCCCCP1CCC1. The second kappa shape index (κ2) is 9.46. The Kier molecular flexibility index (Phi) is 8.57. The van der Waals surface area contributed by atoms with Crippen molar-refractivity contribution >= 4 is 7.92 Å². The Bertz CT molecular complexity index is 150. The van der Waals surface area contributed by atoms with E-state index in [-0.39, 0.29) is 0 Å². The highest BCUT2D eigenvalue weighted by molar-refractivity contribution is 7.59. The van der Waals surface area contributed by atoms with E-state index in [2.05, 4.69) is 13.8 Å². The van der Waals surface area contributed by atoms with Crippen molar-refractivity contribution in [2.45, 2.75) is 71.6 Å². The molecule has 0 nitrogen and oxygen atoms in total. The van der Waals surface area contributed by atoms with Crippen molar-refractivity contribution in [3.05, 3.63) is 0 Å². The van der Waals surface area contributed by atoms with Crippen molar-refractivity contribution in [1.82, 2.24) is 0 Å². The first-order chi connectivity index (χ1) is 7.79. The van der Waals surface area contributed by atoms with Gasteiger partial charge < -0.3 is 0 Å². The molecule has 0 unspecified atom stereocenters. The van der Waals surface area contributed by atoms with E-state index >= 15 is 0 Å². The highest BCUT2D eigenvalue weighted by Crippen LogP contribution is 2.46. The minimum Gasteiger partial charge on any atom is -0.107 e. The summed E-state index contributed by atoms with van der Waals surface area (Å²) in [5.41, 5.74) is 0. The minimum atomic E-state index is 0.565. The summed E-state index contributed by atoms with van der Waals surface area (Å²) in [5, 5.41) is 0. The van der Waals surface area contributed by atoms with Crippen LogP contribution in [0.15, 0.2) is 0 Å². The quantitative estimate of drug-likeness (QED) is 0.343. The molecular weight excluding hydrogens is 211 g/mol. The highest BCUT2D eigenvalue weighted by Gasteiger charge is 2.14. The Morgan fingerprint density at radius 3 is 1.88 bits per heavy atom. The van der Waals surface area contributed by atoms with E-state index < -0.39 is 0 Å². The van der Waals surface area contributed by atoms with Crippen LogP contribution in [0.1, 0.15) is 71.6 Å². The minimum absolute atomic E-state index is 0.565. The molecule has 0 N–H and O–H groups in total. The molecule has 1 aliphatic rings. The monoisotopic (exact) mass is 242 g/mol. The van der Waals surface area contributed by atoms with E-state index in [1.54, 1.807) is 24.9 Å². The van der Waals surface area contributed by atoms with E-state index in [1.165, 1.54) is 51.4 Å². The molecule has 1 rings (SSSR count). The van der Waals surface area contributed by atoms with E-state index in [1.807, 2.05) is 0 Å². The molecule has 1 saturated heterocycles. The van der Waals surface area contributed by atoms with Gasteiger partial charge in [-0.1, -0.05) is 58.8 Å². The second-order valence-corrected chi connectivity index (χ2v) is 8.54. The highest BCUT2D eigenvalue weighted by atomic mass is 31.1. The number of hydrogen-bond donors (Lipinski definition) is 0. The lowest BCUT2D eigenvalue weighted by Gasteiger charge is -2.25. The van der Waals surface area contributed by atoms with Crippen molar-refractivity contribution in [1.29, 1.82) is 0 Å². The predicted molar refractivity (Wildman–Crippen MR) is 77.9 cm³/mol. The third-order valence-corrected chi connectivity index (χ3v) is 6.55. The van der Waals surface area contributed by atoms with Crippen LogP contribution >= 0.6 is 7.92 Å². The van der Waals surface area contributed by atoms with Gasteiger partial charge in [0.1, 0.15) is 0 Å². The summed E-state index contributed by atoms with van der Waals surface area (Å²) in [6.07, 6.45) is 18.3. The van der Waals surface area contributed by atoms with Crippen molar-refractivity contribution < 1.29 is 0 Å². The summed E-state index contributed by atoms with van der Waals surface area (Å²) < 4.78 is 0. The molecular formula is C15H31P. The summed E-state index contributed by atoms with van der Waals surface area (Å²) in [6, 6.07) is 0. The van der Waals surface area contributed by atoms with Gasteiger partial charge in [-0.25, -0.2) is 0 Å². The third kappa shape index (κ3) is 7.66. The van der Waals surface area contributed by atoms with Crippen LogP contribution in [0.3, 0.4) is 0 Å². The normalized spacial score (nSPS) is 16.7. The summed E-state index contributed by atoms with van der Waals surface area (Å²) >= 11 is 0. The largest absolute Gasteiger partial charge is 0.107 e. The Morgan fingerprint density at radius 2 is 1.38 bits per heavy atom. The van der Waals surface area contributed by atoms with Crippen LogP contribution in [0.2, 0.25) is 0 Å².